The van der Waals surface area contributed by atoms with Gasteiger partial charge in [-0.1, -0.05) is 123 Å². The molecule has 0 radical (unpaired) electrons. The fourth-order valence-corrected chi connectivity index (χ4v) is 6.74. The van der Waals surface area contributed by atoms with Crippen LogP contribution in [0.15, 0.2) is 0 Å². The van der Waals surface area contributed by atoms with Gasteiger partial charge in [-0.25, -0.2) is 0 Å². The second-order valence-corrected chi connectivity index (χ2v) is 15.2. The number of ether oxygens (including phenoxy) is 6. The van der Waals surface area contributed by atoms with Crippen LogP contribution in [-0.4, -0.2) is 142 Å². The molecule has 55 heavy (non-hydrogen) atoms. The summed E-state index contributed by atoms with van der Waals surface area (Å²) in [7, 11) is 0. The van der Waals surface area contributed by atoms with E-state index < -0.39 is 92.7 Å². The van der Waals surface area contributed by atoms with E-state index in [-0.39, 0.29) is 26.1 Å². The van der Waals surface area contributed by atoms with E-state index in [4.69, 9.17) is 28.4 Å². The van der Waals surface area contributed by atoms with Gasteiger partial charge >= 0.3 is 11.9 Å². The molecule has 2 aliphatic heterocycles. The molecule has 2 fully saturated rings. The molecule has 0 amide bonds. The zero-order valence-corrected chi connectivity index (χ0v) is 33.4. The quantitative estimate of drug-likeness (QED) is 0.0394. The molecule has 15 nitrogen and oxygen atoms in total. The molecule has 0 aromatic carbocycles. The average molecular weight is 795 g/mol. The number of hydrogen-bond donors (Lipinski definition) is 7. The first-order valence-electron chi connectivity index (χ1n) is 21.1. The first-order chi connectivity index (χ1) is 26.5. The van der Waals surface area contributed by atoms with Gasteiger partial charge in [0.15, 0.2) is 18.7 Å². The van der Waals surface area contributed by atoms with Crippen LogP contribution in [0.4, 0.5) is 0 Å². The van der Waals surface area contributed by atoms with Crippen LogP contribution in [0, 0.1) is 0 Å². The SMILES string of the molecule is CCCCCCCCCCCCCCCC(=O)O[C@H](COC(=O)CCCCCCCC)CO[C@@H]1O[C@H](CO[C@H]2O[C@H](CO)[C@H](O)[C@H](O)[C@H]2O)[C@H](O)[C@H](O)[C@H]1O. The average Bonchev–Trinajstić information content (AvgIpc) is 3.18. The van der Waals surface area contributed by atoms with Gasteiger partial charge in [0, 0.05) is 12.8 Å². The highest BCUT2D eigenvalue weighted by atomic mass is 16.7. The molecule has 0 bridgehead atoms. The standard InChI is InChI=1S/C40H74O15/c1-3-5-7-9-11-12-13-14-15-16-17-19-21-23-32(43)53-28(25-50-31(42)22-20-18-10-8-6-4-2)26-51-39-38(49)36(47)34(45)30(55-39)27-52-40-37(48)35(46)33(44)29(24-41)54-40/h28-30,33-41,44-49H,3-27H2,1-2H3/t28-,29-,30-,33+,34+,35+,36+,37-,38-,39-,40+/m1/s1. The summed E-state index contributed by atoms with van der Waals surface area (Å²) in [6.07, 6.45) is 4.79. The third kappa shape index (κ3) is 19.7. The largest absolute Gasteiger partial charge is 0.462 e. The Balaban J connectivity index is 1.86. The number of esters is 2. The molecule has 0 spiro atoms. The van der Waals surface area contributed by atoms with Crippen LogP contribution in [0.1, 0.15) is 149 Å². The first kappa shape index (κ1) is 49.6. The van der Waals surface area contributed by atoms with E-state index in [0.717, 1.165) is 51.4 Å². The Morgan fingerprint density at radius 1 is 0.509 bits per heavy atom. The Hall–Kier alpha value is -1.50. The van der Waals surface area contributed by atoms with Gasteiger partial charge in [-0.15, -0.1) is 0 Å². The van der Waals surface area contributed by atoms with Crippen LogP contribution in [0.25, 0.3) is 0 Å². The van der Waals surface area contributed by atoms with E-state index in [1.54, 1.807) is 0 Å². The van der Waals surface area contributed by atoms with Gasteiger partial charge < -0.3 is 64.2 Å². The molecule has 0 aromatic rings. The Kier molecular flexibility index (Phi) is 26.8. The van der Waals surface area contributed by atoms with Crippen molar-refractivity contribution in [3.63, 3.8) is 0 Å². The lowest BCUT2D eigenvalue weighted by Crippen LogP contribution is -2.61. The van der Waals surface area contributed by atoms with E-state index in [2.05, 4.69) is 13.8 Å². The molecule has 15 heteroatoms. The van der Waals surface area contributed by atoms with Crippen molar-refractivity contribution in [1.29, 1.82) is 0 Å². The number of carbonyl (C=O) groups excluding carboxylic acids is 2. The molecule has 11 atom stereocenters. The van der Waals surface area contributed by atoms with Crippen molar-refractivity contribution < 1.29 is 73.8 Å². The lowest BCUT2D eigenvalue weighted by Gasteiger charge is -2.42. The first-order valence-corrected chi connectivity index (χ1v) is 21.1. The Labute approximate surface area is 328 Å². The number of unbranched alkanes of at least 4 members (excludes halogenated alkanes) is 17. The molecule has 2 saturated heterocycles. The van der Waals surface area contributed by atoms with Gasteiger partial charge in [0.05, 0.1) is 19.8 Å². The maximum atomic E-state index is 12.8. The second kappa shape index (κ2) is 29.7. The molecule has 7 N–H and O–H groups in total. The highest BCUT2D eigenvalue weighted by Gasteiger charge is 2.47. The van der Waals surface area contributed by atoms with Crippen molar-refractivity contribution in [2.24, 2.45) is 0 Å². The summed E-state index contributed by atoms with van der Waals surface area (Å²) in [5, 5.41) is 71.5. The van der Waals surface area contributed by atoms with Gasteiger partial charge in [0.1, 0.15) is 55.4 Å². The molecule has 2 rings (SSSR count). The fraction of sp³-hybridized carbons (Fsp3) is 0.950. The van der Waals surface area contributed by atoms with E-state index in [1.807, 2.05) is 0 Å². The molecule has 2 aliphatic rings. The third-order valence-electron chi connectivity index (χ3n) is 10.3. The van der Waals surface area contributed by atoms with Crippen molar-refractivity contribution in [1.82, 2.24) is 0 Å². The summed E-state index contributed by atoms with van der Waals surface area (Å²) in [5.74, 6) is -0.930. The molecule has 0 saturated carbocycles. The van der Waals surface area contributed by atoms with Crippen molar-refractivity contribution >= 4 is 11.9 Å². The van der Waals surface area contributed by atoms with Gasteiger partial charge in [0.25, 0.3) is 0 Å². The molecular formula is C40H74O15. The van der Waals surface area contributed by atoms with Crippen LogP contribution in [0.3, 0.4) is 0 Å². The van der Waals surface area contributed by atoms with Gasteiger partial charge in [-0.2, -0.15) is 0 Å². The number of hydrogen-bond acceptors (Lipinski definition) is 15. The molecule has 2 heterocycles. The number of carbonyl (C=O) groups is 2. The van der Waals surface area contributed by atoms with Crippen molar-refractivity contribution in [3.8, 4) is 0 Å². The van der Waals surface area contributed by atoms with E-state index in [9.17, 15) is 45.3 Å². The fourth-order valence-electron chi connectivity index (χ4n) is 6.74. The molecule has 0 aliphatic carbocycles. The summed E-state index contributed by atoms with van der Waals surface area (Å²) in [6, 6.07) is 0. The zero-order valence-electron chi connectivity index (χ0n) is 33.4. The van der Waals surface area contributed by atoms with Crippen LogP contribution in [-0.2, 0) is 38.0 Å². The van der Waals surface area contributed by atoms with E-state index in [0.29, 0.717) is 12.8 Å². The summed E-state index contributed by atoms with van der Waals surface area (Å²) in [6.45, 7) is 2.49. The normalized spacial score (nSPS) is 28.9. The molecule has 0 aromatic heterocycles. The second-order valence-electron chi connectivity index (χ2n) is 15.2. The smallest absolute Gasteiger partial charge is 0.306 e. The van der Waals surface area contributed by atoms with E-state index >= 15 is 0 Å². The lowest BCUT2D eigenvalue weighted by molar-refractivity contribution is -0.332. The minimum Gasteiger partial charge on any atom is -0.462 e. The highest BCUT2D eigenvalue weighted by molar-refractivity contribution is 5.70. The van der Waals surface area contributed by atoms with Crippen molar-refractivity contribution in [3.05, 3.63) is 0 Å². The summed E-state index contributed by atoms with van der Waals surface area (Å²) in [4.78, 5) is 25.3. The predicted molar refractivity (Wildman–Crippen MR) is 201 cm³/mol. The van der Waals surface area contributed by atoms with Crippen molar-refractivity contribution in [2.45, 2.75) is 216 Å². The summed E-state index contributed by atoms with van der Waals surface area (Å²) < 4.78 is 33.3. The Morgan fingerprint density at radius 3 is 1.42 bits per heavy atom. The van der Waals surface area contributed by atoms with Gasteiger partial charge in [-0.05, 0) is 12.8 Å². The number of aliphatic hydroxyl groups excluding tert-OH is 7. The third-order valence-corrected chi connectivity index (χ3v) is 10.3. The number of rotatable bonds is 31. The predicted octanol–water partition coefficient (Wildman–Crippen LogP) is 3.31. The highest BCUT2D eigenvalue weighted by Crippen LogP contribution is 2.26. The topological polar surface area (TPSA) is 231 Å². The lowest BCUT2D eigenvalue weighted by atomic mass is 9.98. The van der Waals surface area contributed by atoms with Crippen LogP contribution in [0.2, 0.25) is 0 Å². The maximum Gasteiger partial charge on any atom is 0.306 e. The molecule has 0 unspecified atom stereocenters. The minimum atomic E-state index is -1.76. The monoisotopic (exact) mass is 795 g/mol. The van der Waals surface area contributed by atoms with Gasteiger partial charge in [-0.3, -0.25) is 9.59 Å². The summed E-state index contributed by atoms with van der Waals surface area (Å²) in [5.41, 5.74) is 0. The zero-order chi connectivity index (χ0) is 40.4. The van der Waals surface area contributed by atoms with Gasteiger partial charge in [0.2, 0.25) is 0 Å². The molecule has 324 valence electrons. The summed E-state index contributed by atoms with van der Waals surface area (Å²) >= 11 is 0. The molecular weight excluding hydrogens is 720 g/mol. The van der Waals surface area contributed by atoms with E-state index in [1.165, 1.54) is 57.8 Å². The van der Waals surface area contributed by atoms with Crippen LogP contribution in [0.5, 0.6) is 0 Å². The van der Waals surface area contributed by atoms with Crippen LogP contribution < -0.4 is 0 Å². The van der Waals surface area contributed by atoms with Crippen LogP contribution >= 0.6 is 0 Å². The Bertz CT molecular complexity index is 986. The minimum absolute atomic E-state index is 0.171. The maximum absolute atomic E-state index is 12.8. The van der Waals surface area contributed by atoms with Crippen molar-refractivity contribution in [2.75, 3.05) is 26.4 Å². The Morgan fingerprint density at radius 2 is 0.927 bits per heavy atom. The number of aliphatic hydroxyl groups is 7.